The van der Waals surface area contributed by atoms with Gasteiger partial charge in [0, 0.05) is 7.11 Å². The van der Waals surface area contributed by atoms with Crippen LogP contribution >= 0.6 is 0 Å². The third kappa shape index (κ3) is 3.84. The van der Waals surface area contributed by atoms with Crippen molar-refractivity contribution < 1.29 is 9.47 Å². The van der Waals surface area contributed by atoms with Crippen molar-refractivity contribution in [2.45, 2.75) is 19.4 Å². The van der Waals surface area contributed by atoms with Gasteiger partial charge in [0.15, 0.2) is 0 Å². The molecule has 2 rings (SSSR count). The van der Waals surface area contributed by atoms with Gasteiger partial charge in [0.05, 0.1) is 19.8 Å². The van der Waals surface area contributed by atoms with Gasteiger partial charge in [-0.15, -0.1) is 0 Å². The largest absolute Gasteiger partial charge is 0.496 e. The molecule has 112 valence electrons. The van der Waals surface area contributed by atoms with E-state index in [1.165, 1.54) is 5.56 Å². The van der Waals surface area contributed by atoms with Crippen LogP contribution in [0.4, 0.5) is 0 Å². The Morgan fingerprint density at radius 2 is 1.67 bits per heavy atom. The molecule has 0 fully saturated rings. The van der Waals surface area contributed by atoms with E-state index in [1.54, 1.807) is 14.2 Å². The number of benzene rings is 2. The molecule has 2 aromatic rings. The van der Waals surface area contributed by atoms with Crippen molar-refractivity contribution in [3.8, 4) is 5.75 Å². The van der Waals surface area contributed by atoms with Crippen LogP contribution in [-0.4, -0.2) is 20.8 Å². The Kier molecular flexibility index (Phi) is 5.37. The number of methoxy groups -OCH3 is 2. The second-order valence-electron chi connectivity index (χ2n) is 5.19. The van der Waals surface area contributed by atoms with Crippen LogP contribution in [0.2, 0.25) is 0 Å². The van der Waals surface area contributed by atoms with E-state index in [-0.39, 0.29) is 6.04 Å². The Morgan fingerprint density at radius 1 is 1.00 bits per heavy atom. The third-order valence-electron chi connectivity index (χ3n) is 3.72. The van der Waals surface area contributed by atoms with Crippen LogP contribution in [0.1, 0.15) is 28.3 Å². The molecule has 0 amide bonds. The summed E-state index contributed by atoms with van der Waals surface area (Å²) in [6.07, 6.45) is 0.921. The molecule has 0 heterocycles. The predicted molar refractivity (Wildman–Crippen MR) is 85.8 cm³/mol. The van der Waals surface area contributed by atoms with Gasteiger partial charge in [0.2, 0.25) is 0 Å². The van der Waals surface area contributed by atoms with E-state index in [2.05, 4.69) is 30.3 Å². The summed E-state index contributed by atoms with van der Waals surface area (Å²) in [6.45, 7) is 2.76. The minimum atomic E-state index is -0.143. The first kappa shape index (κ1) is 15.5. The van der Waals surface area contributed by atoms with E-state index in [1.807, 2.05) is 19.1 Å². The first-order valence-corrected chi connectivity index (χ1v) is 7.13. The molecular weight excluding hydrogens is 262 g/mol. The highest BCUT2D eigenvalue weighted by atomic mass is 16.5. The molecule has 21 heavy (non-hydrogen) atoms. The van der Waals surface area contributed by atoms with E-state index in [4.69, 9.17) is 15.2 Å². The van der Waals surface area contributed by atoms with Crippen molar-refractivity contribution in [2.75, 3.05) is 20.8 Å². The Bertz CT molecular complexity index is 578. The van der Waals surface area contributed by atoms with E-state index in [9.17, 15) is 0 Å². The molecular formula is C18H23NO2. The summed E-state index contributed by atoms with van der Waals surface area (Å²) >= 11 is 0. The maximum atomic E-state index is 6.36. The lowest BCUT2D eigenvalue weighted by Crippen LogP contribution is -2.12. The summed E-state index contributed by atoms with van der Waals surface area (Å²) in [4.78, 5) is 0. The molecule has 1 unspecified atom stereocenters. The van der Waals surface area contributed by atoms with Crippen LogP contribution in [0.3, 0.4) is 0 Å². The average Bonchev–Trinajstić information content (AvgIpc) is 2.53. The van der Waals surface area contributed by atoms with Gasteiger partial charge in [0.1, 0.15) is 5.75 Å². The molecule has 2 N–H and O–H groups in total. The summed E-state index contributed by atoms with van der Waals surface area (Å²) in [5.74, 6) is 0.875. The van der Waals surface area contributed by atoms with Gasteiger partial charge in [0.25, 0.3) is 0 Å². The minimum Gasteiger partial charge on any atom is -0.496 e. The maximum Gasteiger partial charge on any atom is 0.122 e. The zero-order valence-corrected chi connectivity index (χ0v) is 12.9. The van der Waals surface area contributed by atoms with Crippen molar-refractivity contribution in [1.82, 2.24) is 0 Å². The third-order valence-corrected chi connectivity index (χ3v) is 3.72. The second kappa shape index (κ2) is 7.25. The molecule has 0 spiro atoms. The van der Waals surface area contributed by atoms with E-state index >= 15 is 0 Å². The average molecular weight is 285 g/mol. The molecule has 0 aromatic heterocycles. The molecule has 1 atom stereocenters. The Labute approximate surface area is 126 Å². The monoisotopic (exact) mass is 285 g/mol. The van der Waals surface area contributed by atoms with Crippen LogP contribution in [-0.2, 0) is 11.2 Å². The van der Waals surface area contributed by atoms with Crippen molar-refractivity contribution in [1.29, 1.82) is 0 Å². The van der Waals surface area contributed by atoms with Crippen molar-refractivity contribution in [3.05, 3.63) is 64.7 Å². The number of rotatable bonds is 6. The van der Waals surface area contributed by atoms with Gasteiger partial charge < -0.3 is 15.2 Å². The Morgan fingerprint density at radius 3 is 2.29 bits per heavy atom. The highest BCUT2D eigenvalue weighted by Crippen LogP contribution is 2.26. The number of aryl methyl sites for hydroxylation is 1. The maximum absolute atomic E-state index is 6.36. The van der Waals surface area contributed by atoms with Crippen LogP contribution < -0.4 is 10.5 Å². The van der Waals surface area contributed by atoms with Gasteiger partial charge in [-0.25, -0.2) is 0 Å². The number of nitrogens with two attached hydrogens (primary N) is 1. The lowest BCUT2D eigenvalue weighted by atomic mass is 9.97. The summed E-state index contributed by atoms with van der Waals surface area (Å²) < 4.78 is 10.5. The van der Waals surface area contributed by atoms with Gasteiger partial charge in [-0.2, -0.15) is 0 Å². The summed E-state index contributed by atoms with van der Waals surface area (Å²) in [6, 6.07) is 14.4. The lowest BCUT2D eigenvalue weighted by molar-refractivity contribution is 0.202. The summed E-state index contributed by atoms with van der Waals surface area (Å²) in [7, 11) is 3.40. The van der Waals surface area contributed by atoms with Crippen LogP contribution in [0, 0.1) is 6.92 Å². The quantitative estimate of drug-likeness (QED) is 0.886. The Hall–Kier alpha value is -1.84. The molecule has 2 aromatic carbocycles. The molecule has 0 aliphatic carbocycles. The van der Waals surface area contributed by atoms with Crippen molar-refractivity contribution in [3.63, 3.8) is 0 Å². The van der Waals surface area contributed by atoms with Crippen LogP contribution in [0.15, 0.2) is 42.5 Å². The highest BCUT2D eigenvalue weighted by Gasteiger charge is 2.11. The number of ether oxygens (including phenoxy) is 2. The first-order chi connectivity index (χ1) is 10.2. The predicted octanol–water partition coefficient (Wildman–Crippen LogP) is 3.24. The van der Waals surface area contributed by atoms with Crippen molar-refractivity contribution >= 4 is 0 Å². The number of hydrogen-bond acceptors (Lipinski definition) is 3. The molecule has 0 aliphatic rings. The van der Waals surface area contributed by atoms with E-state index in [0.29, 0.717) is 0 Å². The molecule has 0 aliphatic heterocycles. The topological polar surface area (TPSA) is 44.5 Å². The zero-order valence-electron chi connectivity index (χ0n) is 12.9. The fraction of sp³-hybridized carbons (Fsp3) is 0.333. The Balaban J connectivity index is 2.17. The lowest BCUT2D eigenvalue weighted by Gasteiger charge is -2.15. The fourth-order valence-electron chi connectivity index (χ4n) is 2.33. The van der Waals surface area contributed by atoms with Gasteiger partial charge in [-0.05, 0) is 41.7 Å². The number of hydrogen-bond donors (Lipinski definition) is 1. The molecule has 3 nitrogen and oxygen atoms in total. The fourth-order valence-corrected chi connectivity index (χ4v) is 2.33. The second-order valence-corrected chi connectivity index (χ2v) is 5.19. The smallest absolute Gasteiger partial charge is 0.122 e. The van der Waals surface area contributed by atoms with Gasteiger partial charge >= 0.3 is 0 Å². The molecule has 0 saturated heterocycles. The van der Waals surface area contributed by atoms with Crippen molar-refractivity contribution in [2.24, 2.45) is 5.73 Å². The summed E-state index contributed by atoms with van der Waals surface area (Å²) in [5.41, 5.74) is 10.9. The van der Waals surface area contributed by atoms with Crippen LogP contribution in [0.5, 0.6) is 5.75 Å². The molecule has 0 saturated carbocycles. The standard InChI is InChI=1S/C18H23NO2/c1-13-4-7-16(12-17(13)21-3)18(19)15-8-5-14(6-9-15)10-11-20-2/h4-9,12,18H,10-11,19H2,1-3H3. The molecule has 3 heteroatoms. The van der Waals surface area contributed by atoms with E-state index < -0.39 is 0 Å². The van der Waals surface area contributed by atoms with E-state index in [0.717, 1.165) is 35.5 Å². The van der Waals surface area contributed by atoms with Gasteiger partial charge in [-0.1, -0.05) is 36.4 Å². The summed E-state index contributed by atoms with van der Waals surface area (Å²) in [5, 5.41) is 0. The van der Waals surface area contributed by atoms with Gasteiger partial charge in [-0.3, -0.25) is 0 Å². The minimum absolute atomic E-state index is 0.143. The molecule has 0 radical (unpaired) electrons. The molecule has 0 bridgehead atoms. The highest BCUT2D eigenvalue weighted by molar-refractivity contribution is 5.41. The zero-order chi connectivity index (χ0) is 15.2. The normalized spacial score (nSPS) is 12.2. The first-order valence-electron chi connectivity index (χ1n) is 7.13. The SMILES string of the molecule is COCCc1ccc(C(N)c2ccc(C)c(OC)c2)cc1. The van der Waals surface area contributed by atoms with Crippen LogP contribution in [0.25, 0.3) is 0 Å².